The number of halogens is 1. The minimum absolute atomic E-state index is 0.0630. The maximum Gasteiger partial charge on any atom is 0.253 e. The van der Waals surface area contributed by atoms with E-state index in [-0.39, 0.29) is 11.9 Å². The number of ether oxygens (including phenoxy) is 1. The molecule has 0 saturated heterocycles. The van der Waals surface area contributed by atoms with Crippen LogP contribution >= 0.6 is 11.6 Å². The summed E-state index contributed by atoms with van der Waals surface area (Å²) in [6.07, 6.45) is 1.50. The van der Waals surface area contributed by atoms with Gasteiger partial charge in [0.05, 0.1) is 12.2 Å². The Morgan fingerprint density at radius 3 is 2.79 bits per heavy atom. The summed E-state index contributed by atoms with van der Waals surface area (Å²) in [5.41, 5.74) is 0.517. The standard InChI is InChI=1S/C14H15ClN2O2/c1-9(8-19-2)17-14(18)12-7-16-13(15)11-6-4-3-5-10(11)12/h3-7,9H,8H2,1-2H3,(H,17,18). The molecular weight excluding hydrogens is 264 g/mol. The van der Waals surface area contributed by atoms with Crippen LogP contribution in [0.25, 0.3) is 10.8 Å². The molecule has 0 radical (unpaired) electrons. The zero-order valence-electron chi connectivity index (χ0n) is 10.8. The molecule has 1 heterocycles. The second-order valence-corrected chi connectivity index (χ2v) is 4.70. The Balaban J connectivity index is 2.35. The lowest BCUT2D eigenvalue weighted by atomic mass is 10.1. The SMILES string of the molecule is COCC(C)NC(=O)c1cnc(Cl)c2ccccc12. The summed E-state index contributed by atoms with van der Waals surface area (Å²) in [5, 5.41) is 4.83. The number of nitrogens with one attached hydrogen (secondary N) is 1. The van der Waals surface area contributed by atoms with Crippen LogP contribution in [0.1, 0.15) is 17.3 Å². The van der Waals surface area contributed by atoms with Crippen molar-refractivity contribution in [3.63, 3.8) is 0 Å². The highest BCUT2D eigenvalue weighted by molar-refractivity contribution is 6.34. The van der Waals surface area contributed by atoms with E-state index in [2.05, 4.69) is 10.3 Å². The number of methoxy groups -OCH3 is 1. The predicted molar refractivity (Wildman–Crippen MR) is 75.6 cm³/mol. The van der Waals surface area contributed by atoms with Crippen molar-refractivity contribution in [3.05, 3.63) is 41.2 Å². The van der Waals surface area contributed by atoms with Crippen molar-refractivity contribution >= 4 is 28.3 Å². The third kappa shape index (κ3) is 3.03. The smallest absolute Gasteiger partial charge is 0.253 e. The monoisotopic (exact) mass is 278 g/mol. The largest absolute Gasteiger partial charge is 0.383 e. The van der Waals surface area contributed by atoms with Gasteiger partial charge in [0.15, 0.2) is 0 Å². The van der Waals surface area contributed by atoms with E-state index in [0.717, 1.165) is 10.8 Å². The molecule has 2 aromatic rings. The summed E-state index contributed by atoms with van der Waals surface area (Å²) >= 11 is 6.03. The van der Waals surface area contributed by atoms with Gasteiger partial charge < -0.3 is 10.1 Å². The fraction of sp³-hybridized carbons (Fsp3) is 0.286. The van der Waals surface area contributed by atoms with Gasteiger partial charge in [-0.25, -0.2) is 4.98 Å². The van der Waals surface area contributed by atoms with Crippen molar-refractivity contribution in [1.29, 1.82) is 0 Å². The van der Waals surface area contributed by atoms with Crippen molar-refractivity contribution in [3.8, 4) is 0 Å². The number of pyridine rings is 1. The Bertz CT molecular complexity index is 601. The highest BCUT2D eigenvalue weighted by atomic mass is 35.5. The fourth-order valence-electron chi connectivity index (χ4n) is 1.93. The van der Waals surface area contributed by atoms with E-state index in [4.69, 9.17) is 16.3 Å². The Labute approximate surface area is 116 Å². The lowest BCUT2D eigenvalue weighted by molar-refractivity contribution is 0.0907. The van der Waals surface area contributed by atoms with Crippen LogP contribution in [0.3, 0.4) is 0 Å². The molecule has 1 aromatic carbocycles. The first kappa shape index (κ1) is 13.8. The highest BCUT2D eigenvalue weighted by Gasteiger charge is 2.14. The molecule has 0 saturated carbocycles. The van der Waals surface area contributed by atoms with Crippen molar-refractivity contribution in [1.82, 2.24) is 10.3 Å². The summed E-state index contributed by atoms with van der Waals surface area (Å²) in [4.78, 5) is 16.3. The first-order chi connectivity index (χ1) is 9.13. The maximum absolute atomic E-state index is 12.2. The van der Waals surface area contributed by atoms with Gasteiger partial charge in [0.25, 0.3) is 5.91 Å². The minimum atomic E-state index is -0.176. The summed E-state index contributed by atoms with van der Waals surface area (Å²) in [6.45, 7) is 2.34. The number of amides is 1. The summed E-state index contributed by atoms with van der Waals surface area (Å²) < 4.78 is 5.00. The van der Waals surface area contributed by atoms with Gasteiger partial charge in [0.1, 0.15) is 5.15 Å². The maximum atomic E-state index is 12.2. The van der Waals surface area contributed by atoms with Crippen LogP contribution in [0.15, 0.2) is 30.5 Å². The number of hydrogen-bond acceptors (Lipinski definition) is 3. The highest BCUT2D eigenvalue weighted by Crippen LogP contribution is 2.24. The van der Waals surface area contributed by atoms with Crippen molar-refractivity contribution in [2.24, 2.45) is 0 Å². The second kappa shape index (κ2) is 5.99. The predicted octanol–water partition coefficient (Wildman–Crippen LogP) is 2.65. The Morgan fingerprint density at radius 2 is 2.11 bits per heavy atom. The van der Waals surface area contributed by atoms with Gasteiger partial charge in [-0.05, 0) is 12.3 Å². The Hall–Kier alpha value is -1.65. The number of nitrogens with zero attached hydrogens (tertiary/aromatic N) is 1. The number of aromatic nitrogens is 1. The molecule has 0 aliphatic heterocycles. The lowest BCUT2D eigenvalue weighted by Crippen LogP contribution is -2.35. The molecule has 0 aliphatic carbocycles. The van der Waals surface area contributed by atoms with Gasteiger partial charge in [-0.3, -0.25) is 4.79 Å². The summed E-state index contributed by atoms with van der Waals surface area (Å²) in [7, 11) is 1.60. The summed E-state index contributed by atoms with van der Waals surface area (Å²) in [5.74, 6) is -0.176. The van der Waals surface area contributed by atoms with Crippen LogP contribution in [-0.4, -0.2) is 30.6 Å². The third-order valence-electron chi connectivity index (χ3n) is 2.79. The zero-order valence-corrected chi connectivity index (χ0v) is 11.6. The summed E-state index contributed by atoms with van der Waals surface area (Å²) in [6, 6.07) is 7.38. The molecule has 5 heteroatoms. The zero-order chi connectivity index (χ0) is 13.8. The molecule has 1 amide bonds. The molecule has 1 unspecified atom stereocenters. The van der Waals surface area contributed by atoms with Crippen LogP contribution in [0, 0.1) is 0 Å². The van der Waals surface area contributed by atoms with Gasteiger partial charge in [-0.15, -0.1) is 0 Å². The quantitative estimate of drug-likeness (QED) is 0.875. The molecule has 4 nitrogen and oxygen atoms in total. The Morgan fingerprint density at radius 1 is 1.42 bits per heavy atom. The van der Waals surface area contributed by atoms with Gasteiger partial charge in [-0.2, -0.15) is 0 Å². The molecule has 0 aliphatic rings. The Kier molecular flexibility index (Phi) is 4.35. The molecule has 19 heavy (non-hydrogen) atoms. The van der Waals surface area contributed by atoms with E-state index < -0.39 is 0 Å². The number of rotatable bonds is 4. The van der Waals surface area contributed by atoms with E-state index in [0.29, 0.717) is 17.3 Å². The van der Waals surface area contributed by atoms with Crippen molar-refractivity contribution < 1.29 is 9.53 Å². The van der Waals surface area contributed by atoms with Crippen molar-refractivity contribution in [2.45, 2.75) is 13.0 Å². The van der Waals surface area contributed by atoms with Crippen molar-refractivity contribution in [2.75, 3.05) is 13.7 Å². The van der Waals surface area contributed by atoms with Gasteiger partial charge in [-0.1, -0.05) is 35.9 Å². The molecule has 1 N–H and O–H groups in total. The number of hydrogen-bond donors (Lipinski definition) is 1. The molecule has 100 valence electrons. The van der Waals surface area contributed by atoms with Crippen LogP contribution in [0.5, 0.6) is 0 Å². The minimum Gasteiger partial charge on any atom is -0.383 e. The lowest BCUT2D eigenvalue weighted by Gasteiger charge is -2.13. The van der Waals surface area contributed by atoms with E-state index in [1.165, 1.54) is 6.20 Å². The molecule has 1 aromatic heterocycles. The van der Waals surface area contributed by atoms with Gasteiger partial charge in [0.2, 0.25) is 0 Å². The van der Waals surface area contributed by atoms with Gasteiger partial charge in [0, 0.05) is 24.7 Å². The van der Waals surface area contributed by atoms with Crippen LogP contribution < -0.4 is 5.32 Å². The molecular formula is C14H15ClN2O2. The van der Waals surface area contributed by atoms with Crippen LogP contribution in [0.2, 0.25) is 5.15 Å². The first-order valence-corrected chi connectivity index (χ1v) is 6.34. The molecule has 2 rings (SSSR count). The molecule has 0 spiro atoms. The normalized spacial score (nSPS) is 12.4. The molecule has 0 bridgehead atoms. The van der Waals surface area contributed by atoms with Crippen LogP contribution in [-0.2, 0) is 4.74 Å². The number of carbonyl (C=O) groups is 1. The number of carbonyl (C=O) groups excluding carboxylic acids is 1. The first-order valence-electron chi connectivity index (χ1n) is 5.96. The average molecular weight is 279 g/mol. The van der Waals surface area contributed by atoms with E-state index in [9.17, 15) is 4.79 Å². The number of fused-ring (bicyclic) bond motifs is 1. The average Bonchev–Trinajstić information content (AvgIpc) is 2.39. The fourth-order valence-corrected chi connectivity index (χ4v) is 2.15. The number of benzene rings is 1. The van der Waals surface area contributed by atoms with E-state index in [1.807, 2.05) is 31.2 Å². The second-order valence-electron chi connectivity index (χ2n) is 4.34. The topological polar surface area (TPSA) is 51.2 Å². The van der Waals surface area contributed by atoms with Crippen LogP contribution in [0.4, 0.5) is 0 Å². The molecule has 1 atom stereocenters. The van der Waals surface area contributed by atoms with E-state index >= 15 is 0 Å². The van der Waals surface area contributed by atoms with E-state index in [1.54, 1.807) is 7.11 Å². The third-order valence-corrected chi connectivity index (χ3v) is 3.09. The van der Waals surface area contributed by atoms with Gasteiger partial charge >= 0.3 is 0 Å². The molecule has 0 fully saturated rings.